The van der Waals surface area contributed by atoms with Crippen LogP contribution < -0.4 is 10.1 Å². The van der Waals surface area contributed by atoms with Crippen LogP contribution >= 0.6 is 15.9 Å². The maximum absolute atomic E-state index is 11.5. The zero-order chi connectivity index (χ0) is 14.3. The number of halogens is 1. The molecule has 0 saturated carbocycles. The first-order valence-corrected chi connectivity index (χ1v) is 6.53. The van der Waals surface area contributed by atoms with Gasteiger partial charge < -0.3 is 14.8 Å². The third-order valence-corrected chi connectivity index (χ3v) is 2.80. The minimum Gasteiger partial charge on any atom is -0.483 e. The van der Waals surface area contributed by atoms with E-state index < -0.39 is 0 Å². The fourth-order valence-electron chi connectivity index (χ4n) is 1.39. The first kappa shape index (κ1) is 15.7. The molecule has 1 aromatic carbocycles. The van der Waals surface area contributed by atoms with Crippen molar-refractivity contribution in [3.63, 3.8) is 0 Å². The van der Waals surface area contributed by atoms with Crippen LogP contribution in [0.25, 0.3) is 0 Å². The second kappa shape index (κ2) is 7.91. The largest absolute Gasteiger partial charge is 0.483 e. The van der Waals surface area contributed by atoms with E-state index in [1.165, 1.54) is 6.92 Å². The molecule has 1 amide bonds. The molecule has 0 radical (unpaired) electrons. The zero-order valence-electron chi connectivity index (χ0n) is 10.9. The van der Waals surface area contributed by atoms with Gasteiger partial charge in [-0.15, -0.1) is 0 Å². The highest BCUT2D eigenvalue weighted by atomic mass is 79.9. The van der Waals surface area contributed by atoms with E-state index in [2.05, 4.69) is 21.2 Å². The molecule has 1 rings (SSSR count). The quantitative estimate of drug-likeness (QED) is 0.612. The van der Waals surface area contributed by atoms with Crippen molar-refractivity contribution >= 4 is 27.6 Å². The van der Waals surface area contributed by atoms with E-state index >= 15 is 0 Å². The van der Waals surface area contributed by atoms with E-state index in [1.807, 2.05) is 0 Å². The number of hydrogen-bond acceptors (Lipinski definition) is 4. The monoisotopic (exact) mass is 329 g/mol. The van der Waals surface area contributed by atoms with Crippen LogP contribution in [0.5, 0.6) is 5.75 Å². The molecule has 6 heteroatoms. The maximum atomic E-state index is 11.5. The summed E-state index contributed by atoms with van der Waals surface area (Å²) in [6.07, 6.45) is 0. The van der Waals surface area contributed by atoms with E-state index in [0.29, 0.717) is 24.5 Å². The van der Waals surface area contributed by atoms with Gasteiger partial charge in [-0.3, -0.25) is 9.59 Å². The summed E-state index contributed by atoms with van der Waals surface area (Å²) in [6, 6.07) is 5.08. The van der Waals surface area contributed by atoms with Gasteiger partial charge in [-0.2, -0.15) is 0 Å². The minimum absolute atomic E-state index is 0.109. The number of ketones is 1. The van der Waals surface area contributed by atoms with E-state index in [1.54, 1.807) is 25.3 Å². The Bertz CT molecular complexity index is 462. The second-order valence-electron chi connectivity index (χ2n) is 3.83. The Hall–Kier alpha value is -1.40. The van der Waals surface area contributed by atoms with Crippen LogP contribution in [0.15, 0.2) is 22.7 Å². The molecule has 0 heterocycles. The number of ether oxygens (including phenoxy) is 2. The molecule has 0 atom stereocenters. The third kappa shape index (κ3) is 5.40. The molecule has 5 nitrogen and oxygen atoms in total. The number of rotatable bonds is 7. The average Bonchev–Trinajstić information content (AvgIpc) is 2.36. The smallest absolute Gasteiger partial charge is 0.258 e. The van der Waals surface area contributed by atoms with Crippen molar-refractivity contribution in [1.29, 1.82) is 0 Å². The second-order valence-corrected chi connectivity index (χ2v) is 4.74. The Kier molecular flexibility index (Phi) is 6.52. The minimum atomic E-state index is -0.258. The number of benzene rings is 1. The van der Waals surface area contributed by atoms with Crippen molar-refractivity contribution in [2.45, 2.75) is 6.92 Å². The van der Waals surface area contributed by atoms with Crippen molar-refractivity contribution in [2.75, 3.05) is 26.9 Å². The number of carbonyl (C=O) groups excluding carboxylic acids is 2. The summed E-state index contributed by atoms with van der Waals surface area (Å²) in [5.41, 5.74) is 0.452. The molecule has 0 unspecified atom stereocenters. The highest BCUT2D eigenvalue weighted by molar-refractivity contribution is 9.10. The van der Waals surface area contributed by atoms with Gasteiger partial charge in [-0.05, 0) is 25.1 Å². The number of hydrogen-bond donors (Lipinski definition) is 1. The molecule has 0 bridgehead atoms. The number of nitrogens with one attached hydrogen (secondary N) is 1. The Labute approximate surface area is 120 Å². The first-order chi connectivity index (χ1) is 9.04. The molecule has 0 aliphatic rings. The Morgan fingerprint density at radius 3 is 2.74 bits per heavy atom. The predicted molar refractivity (Wildman–Crippen MR) is 74.5 cm³/mol. The normalized spacial score (nSPS) is 10.1. The molecule has 0 spiro atoms. The van der Waals surface area contributed by atoms with Gasteiger partial charge in [0.2, 0.25) is 0 Å². The molecule has 104 valence electrons. The van der Waals surface area contributed by atoms with Gasteiger partial charge in [0.25, 0.3) is 5.91 Å². The standard InChI is InChI=1S/C13H16BrNO4/c1-9(16)11-4-3-10(14)7-12(11)19-8-13(17)15-5-6-18-2/h3-4,7H,5-6,8H2,1-2H3,(H,15,17). The molecule has 0 saturated heterocycles. The summed E-state index contributed by atoms with van der Waals surface area (Å²) in [7, 11) is 1.56. The van der Waals surface area contributed by atoms with E-state index in [-0.39, 0.29) is 18.3 Å². The summed E-state index contributed by atoms with van der Waals surface area (Å²) in [5.74, 6) is 0.0255. The topological polar surface area (TPSA) is 64.6 Å². The van der Waals surface area contributed by atoms with Crippen LogP contribution in [-0.4, -0.2) is 38.6 Å². The van der Waals surface area contributed by atoms with Crippen LogP contribution in [0.1, 0.15) is 17.3 Å². The molecular weight excluding hydrogens is 314 g/mol. The van der Waals surface area contributed by atoms with Crippen molar-refractivity contribution < 1.29 is 19.1 Å². The fourth-order valence-corrected chi connectivity index (χ4v) is 1.73. The Morgan fingerprint density at radius 1 is 1.37 bits per heavy atom. The van der Waals surface area contributed by atoms with Crippen molar-refractivity contribution in [3.8, 4) is 5.75 Å². The highest BCUT2D eigenvalue weighted by Gasteiger charge is 2.10. The van der Waals surface area contributed by atoms with Crippen molar-refractivity contribution in [1.82, 2.24) is 5.32 Å². The van der Waals surface area contributed by atoms with Gasteiger partial charge in [-0.25, -0.2) is 0 Å². The SMILES string of the molecule is COCCNC(=O)COc1cc(Br)ccc1C(C)=O. The summed E-state index contributed by atoms with van der Waals surface area (Å²) < 4.78 is 11.0. The lowest BCUT2D eigenvalue weighted by Crippen LogP contribution is -2.31. The van der Waals surface area contributed by atoms with Gasteiger partial charge in [0.05, 0.1) is 12.2 Å². The predicted octanol–water partition coefficient (Wildman–Crippen LogP) is 1.79. The lowest BCUT2D eigenvalue weighted by molar-refractivity contribution is -0.123. The first-order valence-electron chi connectivity index (χ1n) is 5.73. The third-order valence-electron chi connectivity index (χ3n) is 2.31. The van der Waals surface area contributed by atoms with Crippen molar-refractivity contribution in [2.24, 2.45) is 0 Å². The van der Waals surface area contributed by atoms with Gasteiger partial charge >= 0.3 is 0 Å². The van der Waals surface area contributed by atoms with Gasteiger partial charge in [-0.1, -0.05) is 15.9 Å². The van der Waals surface area contributed by atoms with E-state index in [9.17, 15) is 9.59 Å². The number of carbonyl (C=O) groups is 2. The van der Waals surface area contributed by atoms with E-state index in [0.717, 1.165) is 4.47 Å². The molecular formula is C13H16BrNO4. The van der Waals surface area contributed by atoms with Crippen LogP contribution in [0, 0.1) is 0 Å². The van der Waals surface area contributed by atoms with Gasteiger partial charge in [0.15, 0.2) is 12.4 Å². The lowest BCUT2D eigenvalue weighted by atomic mass is 10.1. The zero-order valence-corrected chi connectivity index (χ0v) is 12.5. The van der Waals surface area contributed by atoms with Crippen molar-refractivity contribution in [3.05, 3.63) is 28.2 Å². The van der Waals surface area contributed by atoms with Crippen LogP contribution in [0.4, 0.5) is 0 Å². The molecule has 0 aliphatic heterocycles. The van der Waals surface area contributed by atoms with Crippen LogP contribution in [-0.2, 0) is 9.53 Å². The molecule has 1 aromatic rings. The Morgan fingerprint density at radius 2 is 2.11 bits per heavy atom. The molecule has 0 aliphatic carbocycles. The van der Waals surface area contributed by atoms with Crippen LogP contribution in [0.3, 0.4) is 0 Å². The summed E-state index contributed by atoms with van der Waals surface area (Å²) in [5, 5.41) is 2.63. The van der Waals surface area contributed by atoms with Crippen LogP contribution in [0.2, 0.25) is 0 Å². The summed E-state index contributed by atoms with van der Waals surface area (Å²) >= 11 is 3.30. The average molecular weight is 330 g/mol. The number of methoxy groups -OCH3 is 1. The number of Topliss-reactive ketones (excluding diaryl/α,β-unsaturated/α-hetero) is 1. The maximum Gasteiger partial charge on any atom is 0.258 e. The molecule has 0 aromatic heterocycles. The lowest BCUT2D eigenvalue weighted by Gasteiger charge is -2.10. The van der Waals surface area contributed by atoms with E-state index in [4.69, 9.17) is 9.47 Å². The van der Waals surface area contributed by atoms with Gasteiger partial charge in [0, 0.05) is 18.1 Å². The molecule has 0 fully saturated rings. The molecule has 19 heavy (non-hydrogen) atoms. The highest BCUT2D eigenvalue weighted by Crippen LogP contribution is 2.24. The fraction of sp³-hybridized carbons (Fsp3) is 0.385. The number of amides is 1. The van der Waals surface area contributed by atoms with Gasteiger partial charge in [0.1, 0.15) is 5.75 Å². The summed E-state index contributed by atoms with van der Waals surface area (Å²) in [4.78, 5) is 22.9. The summed E-state index contributed by atoms with van der Waals surface area (Å²) in [6.45, 7) is 2.19. The molecule has 1 N–H and O–H groups in total. The Balaban J connectivity index is 2.59.